The Balaban J connectivity index is 2.57. The molecule has 0 aliphatic carbocycles. The molecule has 2 aromatic heterocycles. The Morgan fingerprint density at radius 1 is 1.53 bits per heavy atom. The Labute approximate surface area is 83.3 Å². The zero-order chi connectivity index (χ0) is 10.8. The number of aromatic amines is 1. The number of hydrogen-bond acceptors (Lipinski definition) is 6. The molecule has 76 valence electrons. The summed E-state index contributed by atoms with van der Waals surface area (Å²) in [5.74, 6) is 0.290. The maximum atomic E-state index is 10.7. The van der Waals surface area contributed by atoms with Gasteiger partial charge >= 0.3 is 0 Å². The molecule has 0 atom stereocenters. The van der Waals surface area contributed by atoms with Gasteiger partial charge in [-0.15, -0.1) is 5.10 Å². The van der Waals surface area contributed by atoms with Crippen molar-refractivity contribution < 1.29 is 4.92 Å². The van der Waals surface area contributed by atoms with E-state index >= 15 is 0 Å². The van der Waals surface area contributed by atoms with Crippen LogP contribution in [-0.4, -0.2) is 25.1 Å². The molecule has 8 heteroatoms. The highest BCUT2D eigenvalue weighted by Gasteiger charge is 2.17. The number of nitrogens with one attached hydrogen (secondary N) is 1. The Hall–Kier alpha value is -2.51. The van der Waals surface area contributed by atoms with Crippen LogP contribution < -0.4 is 5.73 Å². The van der Waals surface area contributed by atoms with Gasteiger partial charge in [-0.3, -0.25) is 20.2 Å². The van der Waals surface area contributed by atoms with Crippen molar-refractivity contribution in [3.63, 3.8) is 0 Å². The second-order valence-electron chi connectivity index (χ2n) is 2.69. The van der Waals surface area contributed by atoms with Crippen molar-refractivity contribution >= 4 is 11.6 Å². The van der Waals surface area contributed by atoms with Gasteiger partial charge in [0.25, 0.3) is 5.69 Å². The molecule has 0 aliphatic rings. The molecule has 8 nitrogen and oxygen atoms in total. The third kappa shape index (κ3) is 1.59. The van der Waals surface area contributed by atoms with E-state index in [1.165, 1.54) is 12.3 Å². The summed E-state index contributed by atoms with van der Waals surface area (Å²) in [4.78, 5) is 17.6. The highest BCUT2D eigenvalue weighted by Crippen LogP contribution is 2.25. The normalized spacial score (nSPS) is 10.1. The van der Waals surface area contributed by atoms with Crippen molar-refractivity contribution in [2.24, 2.45) is 0 Å². The Morgan fingerprint density at radius 3 is 2.93 bits per heavy atom. The first-order valence-electron chi connectivity index (χ1n) is 3.95. The molecule has 0 unspecified atom stereocenters. The van der Waals surface area contributed by atoms with Gasteiger partial charge < -0.3 is 5.73 Å². The monoisotopic (exact) mass is 206 g/mol. The molecule has 0 radical (unpaired) electrons. The number of H-pyrrole nitrogens is 1. The van der Waals surface area contributed by atoms with Crippen LogP contribution in [-0.2, 0) is 0 Å². The second-order valence-corrected chi connectivity index (χ2v) is 2.69. The maximum absolute atomic E-state index is 10.7. The Morgan fingerprint density at radius 2 is 2.33 bits per heavy atom. The quantitative estimate of drug-likeness (QED) is 0.539. The van der Waals surface area contributed by atoms with E-state index in [0.29, 0.717) is 5.56 Å². The lowest BCUT2D eigenvalue weighted by atomic mass is 10.2. The van der Waals surface area contributed by atoms with Gasteiger partial charge in [0.2, 0.25) is 5.95 Å². The fourth-order valence-electron chi connectivity index (χ4n) is 1.13. The minimum absolute atomic E-state index is 0.0381. The van der Waals surface area contributed by atoms with Gasteiger partial charge in [-0.05, 0) is 6.07 Å². The van der Waals surface area contributed by atoms with Gasteiger partial charge in [0, 0.05) is 6.20 Å². The number of aromatic nitrogens is 4. The molecular formula is C7H6N6O2. The smallest absolute Gasteiger partial charge is 0.298 e. The van der Waals surface area contributed by atoms with E-state index in [9.17, 15) is 10.1 Å². The molecule has 0 aliphatic heterocycles. The zero-order valence-electron chi connectivity index (χ0n) is 7.41. The molecule has 2 rings (SSSR count). The number of nitro groups is 1. The highest BCUT2D eigenvalue weighted by molar-refractivity contribution is 5.66. The molecule has 0 saturated carbocycles. The maximum Gasteiger partial charge on any atom is 0.298 e. The van der Waals surface area contributed by atoms with Gasteiger partial charge in [-0.1, -0.05) is 0 Å². The largest absolute Gasteiger partial charge is 0.366 e. The molecule has 0 amide bonds. The molecule has 0 bridgehead atoms. The van der Waals surface area contributed by atoms with Crippen molar-refractivity contribution in [3.05, 3.63) is 28.6 Å². The van der Waals surface area contributed by atoms with Gasteiger partial charge in [0.05, 0.1) is 10.5 Å². The molecule has 2 aromatic rings. The lowest BCUT2D eigenvalue weighted by Gasteiger charge is -1.96. The lowest BCUT2D eigenvalue weighted by molar-refractivity contribution is -0.384. The first-order chi connectivity index (χ1) is 7.18. The summed E-state index contributed by atoms with van der Waals surface area (Å²) in [7, 11) is 0. The molecule has 0 aromatic carbocycles. The fraction of sp³-hybridized carbons (Fsp3) is 0. The van der Waals surface area contributed by atoms with Crippen LogP contribution in [0.2, 0.25) is 0 Å². The van der Waals surface area contributed by atoms with E-state index in [-0.39, 0.29) is 17.5 Å². The van der Waals surface area contributed by atoms with Crippen molar-refractivity contribution in [2.75, 3.05) is 5.73 Å². The molecule has 15 heavy (non-hydrogen) atoms. The van der Waals surface area contributed by atoms with Gasteiger partial charge in [-0.2, -0.15) is 4.98 Å². The molecule has 0 spiro atoms. The fourth-order valence-corrected chi connectivity index (χ4v) is 1.13. The first kappa shape index (κ1) is 9.06. The predicted molar refractivity (Wildman–Crippen MR) is 50.7 cm³/mol. The van der Waals surface area contributed by atoms with Crippen molar-refractivity contribution in [2.45, 2.75) is 0 Å². The van der Waals surface area contributed by atoms with Crippen LogP contribution in [0.3, 0.4) is 0 Å². The van der Waals surface area contributed by atoms with Gasteiger partial charge in [0.15, 0.2) is 5.82 Å². The lowest BCUT2D eigenvalue weighted by Crippen LogP contribution is -1.94. The SMILES string of the molecule is Nc1n[nH]c(-c2ccncc2[N+](=O)[O-])n1. The minimum atomic E-state index is -0.541. The number of hydrogen-bond donors (Lipinski definition) is 2. The average Bonchev–Trinajstić information content (AvgIpc) is 2.65. The zero-order valence-corrected chi connectivity index (χ0v) is 7.41. The Kier molecular flexibility index (Phi) is 2.01. The second kappa shape index (κ2) is 3.33. The highest BCUT2D eigenvalue weighted by atomic mass is 16.6. The van der Waals surface area contributed by atoms with Crippen LogP contribution in [0.1, 0.15) is 0 Å². The third-order valence-electron chi connectivity index (χ3n) is 1.75. The van der Waals surface area contributed by atoms with Crippen LogP contribution in [0.5, 0.6) is 0 Å². The van der Waals surface area contributed by atoms with Crippen LogP contribution in [0.4, 0.5) is 11.6 Å². The van der Waals surface area contributed by atoms with E-state index in [0.717, 1.165) is 6.20 Å². The van der Waals surface area contributed by atoms with E-state index in [1.54, 1.807) is 0 Å². The third-order valence-corrected chi connectivity index (χ3v) is 1.75. The summed E-state index contributed by atoms with van der Waals surface area (Å²) in [6.45, 7) is 0. The van der Waals surface area contributed by atoms with Crippen LogP contribution in [0.25, 0.3) is 11.4 Å². The molecule has 3 N–H and O–H groups in total. The molecule has 0 saturated heterocycles. The summed E-state index contributed by atoms with van der Waals surface area (Å²) >= 11 is 0. The first-order valence-corrected chi connectivity index (χ1v) is 3.95. The summed E-state index contributed by atoms with van der Waals surface area (Å²) in [6, 6.07) is 1.47. The topological polar surface area (TPSA) is 124 Å². The van der Waals surface area contributed by atoms with Crippen molar-refractivity contribution in [1.29, 1.82) is 0 Å². The summed E-state index contributed by atoms with van der Waals surface area (Å²) in [5.41, 5.74) is 5.46. The number of anilines is 1. The standard InChI is InChI=1S/C7H6N6O2/c8-7-10-6(11-12-7)4-1-2-9-3-5(4)13(14)15/h1-3H,(H3,8,10,11,12). The van der Waals surface area contributed by atoms with Crippen LogP contribution in [0, 0.1) is 10.1 Å². The van der Waals surface area contributed by atoms with E-state index in [1.807, 2.05) is 0 Å². The van der Waals surface area contributed by atoms with E-state index < -0.39 is 4.92 Å². The number of nitrogen functional groups attached to an aromatic ring is 1. The minimum Gasteiger partial charge on any atom is -0.366 e. The number of nitrogens with two attached hydrogens (primary N) is 1. The summed E-state index contributed by atoms with van der Waals surface area (Å²) in [5, 5.41) is 16.8. The number of pyridine rings is 1. The van der Waals surface area contributed by atoms with E-state index in [4.69, 9.17) is 5.73 Å². The van der Waals surface area contributed by atoms with Crippen molar-refractivity contribution in [1.82, 2.24) is 20.2 Å². The molecule has 0 fully saturated rings. The van der Waals surface area contributed by atoms with Gasteiger partial charge in [0.1, 0.15) is 6.20 Å². The summed E-state index contributed by atoms with van der Waals surface area (Å²) in [6.07, 6.45) is 2.58. The average molecular weight is 206 g/mol. The molecule has 2 heterocycles. The van der Waals surface area contributed by atoms with Gasteiger partial charge in [-0.25, -0.2) is 0 Å². The number of nitrogens with zero attached hydrogens (tertiary/aromatic N) is 4. The van der Waals surface area contributed by atoms with Crippen LogP contribution in [0.15, 0.2) is 18.5 Å². The van der Waals surface area contributed by atoms with Crippen LogP contribution >= 0.6 is 0 Å². The molecular weight excluding hydrogens is 200 g/mol. The number of rotatable bonds is 2. The predicted octanol–water partition coefficient (Wildman–Crippen LogP) is 0.357. The summed E-state index contributed by atoms with van der Waals surface area (Å²) < 4.78 is 0. The van der Waals surface area contributed by atoms with Crippen molar-refractivity contribution in [3.8, 4) is 11.4 Å². The van der Waals surface area contributed by atoms with E-state index in [2.05, 4.69) is 20.2 Å². The Bertz CT molecular complexity index is 508.